The maximum atomic E-state index is 5.66. The number of pyridine rings is 1. The van der Waals surface area contributed by atoms with Crippen LogP contribution in [0.15, 0.2) is 24.5 Å². The van der Waals surface area contributed by atoms with Crippen molar-refractivity contribution in [1.82, 2.24) is 4.98 Å². The molecule has 0 aliphatic carbocycles. The fraction of sp³-hybridized carbons (Fsp3) is 0.583. The minimum atomic E-state index is 0.460. The van der Waals surface area contributed by atoms with E-state index in [4.69, 9.17) is 4.74 Å². The minimum absolute atomic E-state index is 0.460. The van der Waals surface area contributed by atoms with Gasteiger partial charge in [-0.05, 0) is 42.9 Å². The zero-order valence-electron chi connectivity index (χ0n) is 8.65. The Morgan fingerprint density at radius 1 is 1.43 bits per heavy atom. The maximum Gasteiger partial charge on any atom is 0.0578 e. The Balaban J connectivity index is 2.04. The van der Waals surface area contributed by atoms with Crippen LogP contribution < -0.4 is 0 Å². The van der Waals surface area contributed by atoms with Gasteiger partial charge in [-0.15, -0.1) is 0 Å². The maximum absolute atomic E-state index is 5.66. The van der Waals surface area contributed by atoms with E-state index in [1.807, 2.05) is 12.4 Å². The Morgan fingerprint density at radius 2 is 2.21 bits per heavy atom. The van der Waals surface area contributed by atoms with Crippen LogP contribution in [0.1, 0.15) is 37.7 Å². The highest BCUT2D eigenvalue weighted by Gasteiger charge is 2.22. The summed E-state index contributed by atoms with van der Waals surface area (Å²) in [6, 6.07) is 4.26. The average molecular weight is 191 g/mol. The molecule has 0 spiro atoms. The van der Waals surface area contributed by atoms with Crippen LogP contribution in [0.4, 0.5) is 0 Å². The van der Waals surface area contributed by atoms with Crippen LogP contribution in [0.3, 0.4) is 0 Å². The molecule has 2 nitrogen and oxygen atoms in total. The lowest BCUT2D eigenvalue weighted by molar-refractivity contribution is 0.00484. The van der Waals surface area contributed by atoms with Gasteiger partial charge in [0.15, 0.2) is 0 Å². The molecule has 1 aromatic rings. The Bertz CT molecular complexity index is 273. The van der Waals surface area contributed by atoms with E-state index in [0.717, 1.165) is 19.4 Å². The standard InChI is InChI=1S/C12H17NO/c1-2-12-9-11(5-8-14-12)10-3-6-13-7-4-10/h3-4,6-7,11-12H,2,5,8-9H2,1H3/t11-,12-/m1/s1. The Kier molecular flexibility index (Phi) is 3.14. The molecule has 0 unspecified atom stereocenters. The molecule has 0 N–H and O–H groups in total. The Labute approximate surface area is 85.3 Å². The Morgan fingerprint density at radius 3 is 2.93 bits per heavy atom. The highest BCUT2D eigenvalue weighted by molar-refractivity contribution is 5.16. The molecule has 0 amide bonds. The van der Waals surface area contributed by atoms with E-state index >= 15 is 0 Å². The monoisotopic (exact) mass is 191 g/mol. The fourth-order valence-corrected chi connectivity index (χ4v) is 2.10. The molecule has 1 saturated heterocycles. The van der Waals surface area contributed by atoms with Crippen molar-refractivity contribution in [2.24, 2.45) is 0 Å². The van der Waals surface area contributed by atoms with Gasteiger partial charge in [0.25, 0.3) is 0 Å². The largest absolute Gasteiger partial charge is 0.378 e. The molecule has 1 aliphatic rings. The first kappa shape index (κ1) is 9.66. The van der Waals surface area contributed by atoms with Gasteiger partial charge in [-0.1, -0.05) is 6.92 Å². The first-order valence-corrected chi connectivity index (χ1v) is 5.41. The van der Waals surface area contributed by atoms with Gasteiger partial charge in [0.05, 0.1) is 6.10 Å². The number of ether oxygens (including phenoxy) is 1. The van der Waals surface area contributed by atoms with Gasteiger partial charge in [-0.25, -0.2) is 0 Å². The third kappa shape index (κ3) is 2.13. The fourth-order valence-electron chi connectivity index (χ4n) is 2.10. The number of hydrogen-bond acceptors (Lipinski definition) is 2. The van der Waals surface area contributed by atoms with Crippen molar-refractivity contribution in [3.8, 4) is 0 Å². The summed E-state index contributed by atoms with van der Waals surface area (Å²) in [7, 11) is 0. The van der Waals surface area contributed by atoms with Crippen LogP contribution in [0.25, 0.3) is 0 Å². The molecular formula is C12H17NO. The second kappa shape index (κ2) is 4.56. The summed E-state index contributed by atoms with van der Waals surface area (Å²) in [6.45, 7) is 3.10. The van der Waals surface area contributed by atoms with Crippen LogP contribution in [0.2, 0.25) is 0 Å². The van der Waals surface area contributed by atoms with E-state index in [9.17, 15) is 0 Å². The predicted molar refractivity (Wildman–Crippen MR) is 56.2 cm³/mol. The predicted octanol–water partition coefficient (Wildman–Crippen LogP) is 2.75. The molecule has 2 atom stereocenters. The molecule has 2 rings (SSSR count). The van der Waals surface area contributed by atoms with Crippen molar-refractivity contribution < 1.29 is 4.74 Å². The smallest absolute Gasteiger partial charge is 0.0578 e. The van der Waals surface area contributed by atoms with Crippen LogP contribution in [-0.2, 0) is 4.74 Å². The molecule has 1 aliphatic heterocycles. The molecule has 2 heterocycles. The normalized spacial score (nSPS) is 27.5. The molecule has 2 heteroatoms. The van der Waals surface area contributed by atoms with Gasteiger partial charge in [0, 0.05) is 19.0 Å². The topological polar surface area (TPSA) is 22.1 Å². The van der Waals surface area contributed by atoms with E-state index in [2.05, 4.69) is 24.0 Å². The van der Waals surface area contributed by atoms with Crippen molar-refractivity contribution in [3.05, 3.63) is 30.1 Å². The summed E-state index contributed by atoms with van der Waals surface area (Å²) >= 11 is 0. The van der Waals surface area contributed by atoms with Gasteiger partial charge in [-0.2, -0.15) is 0 Å². The summed E-state index contributed by atoms with van der Waals surface area (Å²) in [6.07, 6.45) is 7.67. The number of nitrogens with zero attached hydrogens (tertiary/aromatic N) is 1. The molecule has 14 heavy (non-hydrogen) atoms. The van der Waals surface area contributed by atoms with Crippen molar-refractivity contribution in [2.75, 3.05) is 6.61 Å². The van der Waals surface area contributed by atoms with Crippen molar-refractivity contribution in [1.29, 1.82) is 0 Å². The summed E-state index contributed by atoms with van der Waals surface area (Å²) in [5.41, 5.74) is 1.42. The Hall–Kier alpha value is -0.890. The van der Waals surface area contributed by atoms with Gasteiger partial charge >= 0.3 is 0 Å². The van der Waals surface area contributed by atoms with Crippen LogP contribution in [0.5, 0.6) is 0 Å². The second-order valence-corrected chi connectivity index (χ2v) is 3.90. The summed E-state index contributed by atoms with van der Waals surface area (Å²) in [5.74, 6) is 0.677. The van der Waals surface area contributed by atoms with E-state index in [1.54, 1.807) is 0 Å². The van der Waals surface area contributed by atoms with E-state index in [0.29, 0.717) is 12.0 Å². The molecular weight excluding hydrogens is 174 g/mol. The summed E-state index contributed by atoms with van der Waals surface area (Å²) < 4.78 is 5.66. The third-order valence-electron chi connectivity index (χ3n) is 3.00. The quantitative estimate of drug-likeness (QED) is 0.717. The average Bonchev–Trinajstić information content (AvgIpc) is 2.30. The van der Waals surface area contributed by atoms with Gasteiger partial charge in [-0.3, -0.25) is 4.98 Å². The van der Waals surface area contributed by atoms with Crippen molar-refractivity contribution in [3.63, 3.8) is 0 Å². The lowest BCUT2D eigenvalue weighted by Crippen LogP contribution is -2.23. The molecule has 1 fully saturated rings. The molecule has 0 aromatic carbocycles. The zero-order chi connectivity index (χ0) is 9.80. The van der Waals surface area contributed by atoms with E-state index < -0.39 is 0 Å². The first-order valence-electron chi connectivity index (χ1n) is 5.41. The zero-order valence-corrected chi connectivity index (χ0v) is 8.65. The third-order valence-corrected chi connectivity index (χ3v) is 3.00. The van der Waals surface area contributed by atoms with Gasteiger partial charge in [0.2, 0.25) is 0 Å². The van der Waals surface area contributed by atoms with Gasteiger partial charge in [0.1, 0.15) is 0 Å². The first-order chi connectivity index (χ1) is 6.90. The molecule has 0 radical (unpaired) electrons. The number of aromatic nitrogens is 1. The molecule has 0 bridgehead atoms. The van der Waals surface area contributed by atoms with Gasteiger partial charge < -0.3 is 4.74 Å². The molecule has 0 saturated carbocycles. The summed E-state index contributed by atoms with van der Waals surface area (Å²) in [4.78, 5) is 4.05. The highest BCUT2D eigenvalue weighted by atomic mass is 16.5. The van der Waals surface area contributed by atoms with Crippen LogP contribution in [0, 0.1) is 0 Å². The lowest BCUT2D eigenvalue weighted by Gasteiger charge is -2.29. The minimum Gasteiger partial charge on any atom is -0.378 e. The highest BCUT2D eigenvalue weighted by Crippen LogP contribution is 2.30. The molecule has 1 aromatic heterocycles. The molecule has 76 valence electrons. The van der Waals surface area contributed by atoms with E-state index in [1.165, 1.54) is 12.0 Å². The van der Waals surface area contributed by atoms with Crippen molar-refractivity contribution in [2.45, 2.75) is 38.2 Å². The SMILES string of the molecule is CC[C@@H]1C[C@H](c2ccncc2)CCO1. The number of rotatable bonds is 2. The second-order valence-electron chi connectivity index (χ2n) is 3.90. The number of hydrogen-bond donors (Lipinski definition) is 0. The summed E-state index contributed by atoms with van der Waals surface area (Å²) in [5, 5.41) is 0. The van der Waals surface area contributed by atoms with Crippen LogP contribution >= 0.6 is 0 Å². The lowest BCUT2D eigenvalue weighted by atomic mass is 9.88. The van der Waals surface area contributed by atoms with Crippen molar-refractivity contribution >= 4 is 0 Å². The van der Waals surface area contributed by atoms with Crippen LogP contribution in [-0.4, -0.2) is 17.7 Å². The van der Waals surface area contributed by atoms with E-state index in [-0.39, 0.29) is 0 Å².